The first-order chi connectivity index (χ1) is 6.31. The Labute approximate surface area is 74.2 Å². The lowest BCUT2D eigenvalue weighted by Crippen LogP contribution is -2.31. The van der Waals surface area contributed by atoms with Crippen LogP contribution in [0.25, 0.3) is 11.0 Å². The molecule has 0 saturated carbocycles. The lowest BCUT2D eigenvalue weighted by atomic mass is 10.3. The number of hydrogen-bond donors (Lipinski definition) is 0. The Balaban J connectivity index is 2.72. The zero-order chi connectivity index (χ0) is 9.26. The van der Waals surface area contributed by atoms with E-state index < -0.39 is 0 Å². The van der Waals surface area contributed by atoms with E-state index in [1.165, 1.54) is 6.33 Å². The van der Waals surface area contributed by atoms with Gasteiger partial charge < -0.3 is 9.94 Å². The molecule has 66 valence electrons. The standard InChI is InChI=1S/C8H7N3O2/c1-13-6-2-3-8-7(4-6)9-5-10-11(8)12/h2-5H,1H3. The summed E-state index contributed by atoms with van der Waals surface area (Å²) in [5, 5.41) is 14.6. The lowest BCUT2D eigenvalue weighted by Gasteiger charge is -2.00. The van der Waals surface area contributed by atoms with Crippen molar-refractivity contribution in [3.05, 3.63) is 29.7 Å². The molecule has 5 heteroatoms. The summed E-state index contributed by atoms with van der Waals surface area (Å²) in [6, 6.07) is 5.01. The number of ether oxygens (including phenoxy) is 1. The van der Waals surface area contributed by atoms with E-state index in [0.717, 1.165) is 0 Å². The van der Waals surface area contributed by atoms with Gasteiger partial charge in [-0.1, -0.05) is 0 Å². The second-order valence-electron chi connectivity index (χ2n) is 2.49. The summed E-state index contributed by atoms with van der Waals surface area (Å²) in [5.74, 6) is 0.672. The number of nitrogens with zero attached hydrogens (tertiary/aromatic N) is 3. The highest BCUT2D eigenvalue weighted by atomic mass is 16.5. The zero-order valence-electron chi connectivity index (χ0n) is 6.97. The zero-order valence-corrected chi connectivity index (χ0v) is 6.97. The summed E-state index contributed by atoms with van der Waals surface area (Å²) in [7, 11) is 1.56. The van der Waals surface area contributed by atoms with Crippen molar-refractivity contribution in [1.82, 2.24) is 10.1 Å². The second-order valence-corrected chi connectivity index (χ2v) is 2.49. The predicted molar refractivity (Wildman–Crippen MR) is 45.1 cm³/mol. The molecule has 0 unspecified atom stereocenters. The van der Waals surface area contributed by atoms with Crippen LogP contribution in [0, 0.1) is 5.21 Å². The van der Waals surface area contributed by atoms with E-state index in [-0.39, 0.29) is 0 Å². The molecule has 1 heterocycles. The van der Waals surface area contributed by atoms with Crippen LogP contribution in [0.15, 0.2) is 24.5 Å². The fraction of sp³-hybridized carbons (Fsp3) is 0.125. The molecule has 13 heavy (non-hydrogen) atoms. The molecule has 0 radical (unpaired) electrons. The Morgan fingerprint density at radius 2 is 2.31 bits per heavy atom. The first-order valence-electron chi connectivity index (χ1n) is 3.70. The van der Waals surface area contributed by atoms with E-state index in [1.54, 1.807) is 25.3 Å². The van der Waals surface area contributed by atoms with Gasteiger partial charge in [0.15, 0.2) is 6.33 Å². The quantitative estimate of drug-likeness (QED) is 0.463. The molecule has 0 N–H and O–H groups in total. The van der Waals surface area contributed by atoms with Gasteiger partial charge in [-0.3, -0.25) is 0 Å². The van der Waals surface area contributed by atoms with Crippen molar-refractivity contribution >= 4 is 11.0 Å². The Morgan fingerprint density at radius 3 is 3.08 bits per heavy atom. The van der Waals surface area contributed by atoms with Gasteiger partial charge >= 0.3 is 0 Å². The number of rotatable bonds is 1. The molecule has 5 nitrogen and oxygen atoms in total. The maximum Gasteiger partial charge on any atom is 0.270 e. The number of benzene rings is 1. The maximum atomic E-state index is 11.1. The van der Waals surface area contributed by atoms with Crippen molar-refractivity contribution in [2.75, 3.05) is 7.11 Å². The van der Waals surface area contributed by atoms with Gasteiger partial charge in [0, 0.05) is 17.2 Å². The third-order valence-corrected chi connectivity index (χ3v) is 1.74. The first-order valence-corrected chi connectivity index (χ1v) is 3.70. The molecule has 0 atom stereocenters. The predicted octanol–water partition coefficient (Wildman–Crippen LogP) is 0.272. The van der Waals surface area contributed by atoms with Crippen LogP contribution in [0.3, 0.4) is 0 Å². The number of methoxy groups -OCH3 is 1. The van der Waals surface area contributed by atoms with Crippen molar-refractivity contribution in [1.29, 1.82) is 0 Å². The molecule has 0 aliphatic rings. The Kier molecular flexibility index (Phi) is 1.70. The number of fused-ring (bicyclic) bond motifs is 1. The van der Waals surface area contributed by atoms with Crippen LogP contribution < -0.4 is 9.58 Å². The average Bonchev–Trinajstić information content (AvgIpc) is 2.18. The second kappa shape index (κ2) is 2.85. The van der Waals surface area contributed by atoms with Gasteiger partial charge in [0.1, 0.15) is 11.3 Å². The third-order valence-electron chi connectivity index (χ3n) is 1.74. The minimum Gasteiger partial charge on any atom is -0.594 e. The summed E-state index contributed by atoms with van der Waals surface area (Å²) in [5.41, 5.74) is 1.01. The highest BCUT2D eigenvalue weighted by molar-refractivity contribution is 5.72. The molecule has 0 saturated heterocycles. The molecule has 1 aromatic heterocycles. The minimum atomic E-state index is 0.434. The molecule has 0 amide bonds. The van der Waals surface area contributed by atoms with Gasteiger partial charge in [-0.25, -0.2) is 4.98 Å². The van der Waals surface area contributed by atoms with E-state index in [1.807, 2.05) is 0 Å². The van der Waals surface area contributed by atoms with Gasteiger partial charge in [0.05, 0.1) is 7.11 Å². The fourth-order valence-electron chi connectivity index (χ4n) is 1.09. The number of hydrogen-bond acceptors (Lipinski definition) is 4. The molecule has 0 aliphatic heterocycles. The lowest BCUT2D eigenvalue weighted by molar-refractivity contribution is -0.643. The van der Waals surface area contributed by atoms with Gasteiger partial charge in [-0.05, 0) is 10.9 Å². The van der Waals surface area contributed by atoms with Crippen molar-refractivity contribution in [3.8, 4) is 5.75 Å². The smallest absolute Gasteiger partial charge is 0.270 e. The summed E-state index contributed by atoms with van der Waals surface area (Å²) in [6.45, 7) is 0. The summed E-state index contributed by atoms with van der Waals surface area (Å²) in [4.78, 5) is 4.47. The Bertz CT molecular complexity index is 444. The van der Waals surface area contributed by atoms with Gasteiger partial charge in [0.2, 0.25) is 0 Å². The Hall–Kier alpha value is -1.91. The molecule has 1 aromatic carbocycles. The highest BCUT2D eigenvalue weighted by Gasteiger charge is 2.05. The van der Waals surface area contributed by atoms with Crippen molar-refractivity contribution in [3.63, 3.8) is 0 Å². The van der Waals surface area contributed by atoms with E-state index in [4.69, 9.17) is 4.74 Å². The third kappa shape index (κ3) is 1.24. The van der Waals surface area contributed by atoms with Gasteiger partial charge in [-0.2, -0.15) is 0 Å². The highest BCUT2D eigenvalue weighted by Crippen LogP contribution is 2.14. The summed E-state index contributed by atoms with van der Waals surface area (Å²) < 4.78 is 4.99. The largest absolute Gasteiger partial charge is 0.594 e. The molecular formula is C8H7N3O2. The SMILES string of the molecule is COc1ccc2c(c1)ncn[n+]2[O-]. The first kappa shape index (κ1) is 7.72. The normalized spacial score (nSPS) is 10.2. The molecule has 0 aliphatic carbocycles. The number of aromatic nitrogens is 3. The van der Waals surface area contributed by atoms with Gasteiger partial charge in [-0.15, -0.1) is 0 Å². The molecule has 2 aromatic rings. The molecular weight excluding hydrogens is 170 g/mol. The van der Waals surface area contributed by atoms with Crippen LogP contribution in [0.5, 0.6) is 5.75 Å². The summed E-state index contributed by atoms with van der Waals surface area (Å²) in [6.07, 6.45) is 1.22. The minimum absolute atomic E-state index is 0.434. The van der Waals surface area contributed by atoms with Crippen molar-refractivity contribution in [2.24, 2.45) is 0 Å². The van der Waals surface area contributed by atoms with Crippen molar-refractivity contribution in [2.45, 2.75) is 0 Å². The van der Waals surface area contributed by atoms with Crippen LogP contribution in [-0.4, -0.2) is 17.2 Å². The molecule has 0 spiro atoms. The van der Waals surface area contributed by atoms with Crippen LogP contribution >= 0.6 is 0 Å². The van der Waals surface area contributed by atoms with E-state index in [0.29, 0.717) is 21.6 Å². The van der Waals surface area contributed by atoms with Crippen LogP contribution in [0.1, 0.15) is 0 Å². The molecule has 2 rings (SSSR count). The van der Waals surface area contributed by atoms with Crippen LogP contribution in [0.2, 0.25) is 0 Å². The fourth-order valence-corrected chi connectivity index (χ4v) is 1.09. The maximum absolute atomic E-state index is 11.1. The van der Waals surface area contributed by atoms with E-state index in [2.05, 4.69) is 10.1 Å². The van der Waals surface area contributed by atoms with E-state index >= 15 is 0 Å². The van der Waals surface area contributed by atoms with Crippen molar-refractivity contribution < 1.29 is 9.58 Å². The van der Waals surface area contributed by atoms with Crippen LogP contribution in [0.4, 0.5) is 0 Å². The Morgan fingerprint density at radius 1 is 1.46 bits per heavy atom. The monoisotopic (exact) mass is 177 g/mol. The van der Waals surface area contributed by atoms with E-state index in [9.17, 15) is 5.21 Å². The van der Waals surface area contributed by atoms with Gasteiger partial charge in [0.25, 0.3) is 5.52 Å². The topological polar surface area (TPSA) is 62.0 Å². The summed E-state index contributed by atoms with van der Waals surface area (Å²) >= 11 is 0. The van der Waals surface area contributed by atoms with Crippen LogP contribution in [-0.2, 0) is 0 Å². The molecule has 0 bridgehead atoms. The molecule has 0 fully saturated rings. The average molecular weight is 177 g/mol.